The summed E-state index contributed by atoms with van der Waals surface area (Å²) in [5.41, 5.74) is -0.100. The van der Waals surface area contributed by atoms with Crippen molar-refractivity contribution in [3.8, 4) is 0 Å². The molecule has 1 rings (SSSR count). The summed E-state index contributed by atoms with van der Waals surface area (Å²) in [5.74, 6) is 0.125. The smallest absolute Gasteiger partial charge is 0.226 e. The molecule has 0 atom stereocenters. The van der Waals surface area contributed by atoms with Crippen molar-refractivity contribution in [3.63, 3.8) is 0 Å². The maximum absolute atomic E-state index is 11.3. The standard InChI is InChI=1S/C9H17NO3/c1-9(2-3-9)8(12)10-4-6-13-7-5-11/h11H,2-7H2,1H3,(H,10,12). The molecule has 1 aliphatic carbocycles. The van der Waals surface area contributed by atoms with Gasteiger partial charge >= 0.3 is 0 Å². The van der Waals surface area contributed by atoms with Gasteiger partial charge in [0.05, 0.1) is 19.8 Å². The van der Waals surface area contributed by atoms with Crippen LogP contribution in [0.1, 0.15) is 19.8 Å². The lowest BCUT2D eigenvalue weighted by molar-refractivity contribution is -0.125. The van der Waals surface area contributed by atoms with Crippen LogP contribution < -0.4 is 5.32 Å². The fourth-order valence-electron chi connectivity index (χ4n) is 1.03. The molecule has 0 bridgehead atoms. The largest absolute Gasteiger partial charge is 0.394 e. The molecule has 0 unspecified atom stereocenters. The molecule has 0 aromatic carbocycles. The molecule has 1 amide bonds. The summed E-state index contributed by atoms with van der Waals surface area (Å²) < 4.78 is 5.00. The first-order valence-corrected chi connectivity index (χ1v) is 4.66. The van der Waals surface area contributed by atoms with Gasteiger partial charge in [0, 0.05) is 12.0 Å². The maximum Gasteiger partial charge on any atom is 0.226 e. The van der Waals surface area contributed by atoms with Crippen LogP contribution in [0, 0.1) is 5.41 Å². The normalized spacial score (nSPS) is 18.3. The van der Waals surface area contributed by atoms with Gasteiger partial charge in [-0.1, -0.05) is 6.92 Å². The number of ether oxygens (including phenoxy) is 1. The van der Waals surface area contributed by atoms with E-state index in [0.29, 0.717) is 19.8 Å². The minimum absolute atomic E-state index is 0.0334. The Balaban J connectivity index is 1.96. The number of amides is 1. The second-order valence-electron chi connectivity index (χ2n) is 3.65. The lowest BCUT2D eigenvalue weighted by atomic mass is 10.1. The van der Waals surface area contributed by atoms with Crippen LogP contribution in [0.4, 0.5) is 0 Å². The molecule has 0 saturated heterocycles. The quantitative estimate of drug-likeness (QED) is 0.571. The summed E-state index contributed by atoms with van der Waals surface area (Å²) in [7, 11) is 0. The predicted octanol–water partition coefficient (Wildman–Crippen LogP) is -0.0884. The highest BCUT2D eigenvalue weighted by Crippen LogP contribution is 2.44. The van der Waals surface area contributed by atoms with Gasteiger partial charge in [-0.2, -0.15) is 0 Å². The summed E-state index contributed by atoms with van der Waals surface area (Å²) >= 11 is 0. The summed E-state index contributed by atoms with van der Waals surface area (Å²) in [5, 5.41) is 11.2. The first-order valence-electron chi connectivity index (χ1n) is 4.66. The number of aliphatic hydroxyl groups is 1. The van der Waals surface area contributed by atoms with Crippen molar-refractivity contribution in [2.75, 3.05) is 26.4 Å². The van der Waals surface area contributed by atoms with Crippen LogP contribution in [0.15, 0.2) is 0 Å². The van der Waals surface area contributed by atoms with Crippen molar-refractivity contribution in [2.45, 2.75) is 19.8 Å². The Morgan fingerprint density at radius 3 is 2.77 bits per heavy atom. The van der Waals surface area contributed by atoms with Crippen LogP contribution >= 0.6 is 0 Å². The van der Waals surface area contributed by atoms with Crippen molar-refractivity contribution in [3.05, 3.63) is 0 Å². The zero-order valence-corrected chi connectivity index (χ0v) is 8.01. The fourth-order valence-corrected chi connectivity index (χ4v) is 1.03. The number of hydrogen-bond donors (Lipinski definition) is 2. The van der Waals surface area contributed by atoms with E-state index in [9.17, 15) is 4.79 Å². The first-order chi connectivity index (χ1) is 6.19. The van der Waals surface area contributed by atoms with Gasteiger partial charge in [0.15, 0.2) is 0 Å². The van der Waals surface area contributed by atoms with E-state index < -0.39 is 0 Å². The number of hydrogen-bond acceptors (Lipinski definition) is 3. The van der Waals surface area contributed by atoms with Crippen molar-refractivity contribution >= 4 is 5.91 Å². The molecule has 76 valence electrons. The lowest BCUT2D eigenvalue weighted by Crippen LogP contribution is -2.33. The van der Waals surface area contributed by atoms with Gasteiger partial charge in [0.1, 0.15) is 0 Å². The van der Waals surface area contributed by atoms with E-state index in [1.54, 1.807) is 0 Å². The molecule has 1 fully saturated rings. The van der Waals surface area contributed by atoms with Gasteiger partial charge in [-0.05, 0) is 12.8 Å². The van der Waals surface area contributed by atoms with E-state index in [0.717, 1.165) is 12.8 Å². The molecule has 2 N–H and O–H groups in total. The summed E-state index contributed by atoms with van der Waals surface area (Å²) in [6.07, 6.45) is 1.99. The van der Waals surface area contributed by atoms with Crippen LogP contribution in [-0.2, 0) is 9.53 Å². The van der Waals surface area contributed by atoms with Crippen molar-refractivity contribution < 1.29 is 14.6 Å². The van der Waals surface area contributed by atoms with Crippen LogP contribution in [0.3, 0.4) is 0 Å². The van der Waals surface area contributed by atoms with Crippen molar-refractivity contribution in [2.24, 2.45) is 5.41 Å². The molecule has 0 aromatic rings. The first kappa shape index (κ1) is 10.5. The second-order valence-corrected chi connectivity index (χ2v) is 3.65. The van der Waals surface area contributed by atoms with Gasteiger partial charge in [-0.3, -0.25) is 4.79 Å². The third-order valence-corrected chi connectivity index (χ3v) is 2.32. The Hall–Kier alpha value is -0.610. The van der Waals surface area contributed by atoms with E-state index in [1.165, 1.54) is 0 Å². The van der Waals surface area contributed by atoms with E-state index in [4.69, 9.17) is 9.84 Å². The molecule has 4 heteroatoms. The van der Waals surface area contributed by atoms with Crippen LogP contribution in [-0.4, -0.2) is 37.4 Å². The number of rotatable bonds is 6. The molecule has 0 aliphatic heterocycles. The lowest BCUT2D eigenvalue weighted by Gasteiger charge is -2.09. The number of carbonyl (C=O) groups excluding carboxylic acids is 1. The Labute approximate surface area is 78.3 Å². The maximum atomic E-state index is 11.3. The molecule has 4 nitrogen and oxygen atoms in total. The van der Waals surface area contributed by atoms with Crippen LogP contribution in [0.2, 0.25) is 0 Å². The third-order valence-electron chi connectivity index (χ3n) is 2.32. The summed E-state index contributed by atoms with van der Waals surface area (Å²) in [6, 6.07) is 0. The highest BCUT2D eigenvalue weighted by atomic mass is 16.5. The SMILES string of the molecule is CC1(C(=O)NCCOCCO)CC1. The van der Waals surface area contributed by atoms with E-state index >= 15 is 0 Å². The molecule has 1 aliphatic rings. The number of carbonyl (C=O) groups is 1. The Kier molecular flexibility index (Phi) is 3.69. The highest BCUT2D eigenvalue weighted by molar-refractivity contribution is 5.84. The molecule has 1 saturated carbocycles. The van der Waals surface area contributed by atoms with Crippen molar-refractivity contribution in [1.29, 1.82) is 0 Å². The van der Waals surface area contributed by atoms with E-state index in [2.05, 4.69) is 5.32 Å². The van der Waals surface area contributed by atoms with Gasteiger partial charge in [-0.15, -0.1) is 0 Å². The molecule has 0 aromatic heterocycles. The van der Waals surface area contributed by atoms with Gasteiger partial charge < -0.3 is 15.2 Å². The predicted molar refractivity (Wildman–Crippen MR) is 48.3 cm³/mol. The zero-order chi connectivity index (χ0) is 9.73. The highest BCUT2D eigenvalue weighted by Gasteiger charge is 2.44. The average molecular weight is 187 g/mol. The monoisotopic (exact) mass is 187 g/mol. The van der Waals surface area contributed by atoms with Gasteiger partial charge in [0.25, 0.3) is 0 Å². The molecule has 0 heterocycles. The molecular weight excluding hydrogens is 170 g/mol. The van der Waals surface area contributed by atoms with Crippen LogP contribution in [0.25, 0.3) is 0 Å². The second kappa shape index (κ2) is 4.58. The van der Waals surface area contributed by atoms with Gasteiger partial charge in [0.2, 0.25) is 5.91 Å². The third kappa shape index (κ3) is 3.32. The minimum atomic E-state index is -0.100. The molecule has 0 spiro atoms. The molecular formula is C9H17NO3. The summed E-state index contributed by atoms with van der Waals surface area (Å²) in [4.78, 5) is 11.3. The Morgan fingerprint density at radius 1 is 1.54 bits per heavy atom. The van der Waals surface area contributed by atoms with E-state index in [1.807, 2.05) is 6.92 Å². The van der Waals surface area contributed by atoms with Crippen molar-refractivity contribution in [1.82, 2.24) is 5.32 Å². The molecule has 0 radical (unpaired) electrons. The van der Waals surface area contributed by atoms with Gasteiger partial charge in [-0.25, -0.2) is 0 Å². The fraction of sp³-hybridized carbons (Fsp3) is 0.889. The molecule has 13 heavy (non-hydrogen) atoms. The topological polar surface area (TPSA) is 58.6 Å². The Morgan fingerprint density at radius 2 is 2.23 bits per heavy atom. The zero-order valence-electron chi connectivity index (χ0n) is 8.01. The minimum Gasteiger partial charge on any atom is -0.394 e. The summed E-state index contributed by atoms with van der Waals surface area (Å²) in [6.45, 7) is 3.35. The number of nitrogens with one attached hydrogen (secondary N) is 1. The van der Waals surface area contributed by atoms with Crippen LogP contribution in [0.5, 0.6) is 0 Å². The average Bonchev–Trinajstić information content (AvgIpc) is 2.84. The van der Waals surface area contributed by atoms with E-state index in [-0.39, 0.29) is 17.9 Å². The Bertz CT molecular complexity index is 178. The number of aliphatic hydroxyl groups excluding tert-OH is 1.